The lowest BCUT2D eigenvalue weighted by atomic mass is 10.2. The molecule has 92 valence electrons. The van der Waals surface area contributed by atoms with Gasteiger partial charge in [0.15, 0.2) is 0 Å². The lowest BCUT2D eigenvalue weighted by molar-refractivity contribution is -0.138. The van der Waals surface area contributed by atoms with Crippen LogP contribution in [0.15, 0.2) is 0 Å². The predicted octanol–water partition coefficient (Wildman–Crippen LogP) is 0.723. The van der Waals surface area contributed by atoms with E-state index in [2.05, 4.69) is 18.5 Å². The van der Waals surface area contributed by atoms with Crippen LogP contribution in [0.3, 0.4) is 0 Å². The van der Waals surface area contributed by atoms with Crippen molar-refractivity contribution in [2.45, 2.75) is 26.3 Å². The minimum Gasteiger partial charge on any atom is -0.305 e. The number of amides is 2. The lowest BCUT2D eigenvalue weighted by Gasteiger charge is -2.15. The highest BCUT2D eigenvalue weighted by Gasteiger charge is 2.37. The fourth-order valence-corrected chi connectivity index (χ4v) is 2.55. The third kappa shape index (κ3) is 3.22. The highest BCUT2D eigenvalue weighted by atomic mass is 32.2. The molecule has 2 atom stereocenters. The number of carbonyl (C=O) groups is 2. The molecule has 0 aromatic heterocycles. The van der Waals surface area contributed by atoms with Crippen molar-refractivity contribution in [1.29, 1.82) is 0 Å². The van der Waals surface area contributed by atoms with Crippen LogP contribution in [0.25, 0.3) is 0 Å². The Morgan fingerprint density at radius 2 is 2.25 bits per heavy atom. The van der Waals surface area contributed by atoms with Crippen molar-refractivity contribution in [3.05, 3.63) is 0 Å². The molecule has 1 saturated heterocycles. The molecule has 0 aromatic carbocycles. The molecular formula is C11H20N2O2S. The molecule has 0 bridgehead atoms. The number of nitrogens with zero attached hydrogens (tertiary/aromatic N) is 1. The van der Waals surface area contributed by atoms with E-state index in [9.17, 15) is 9.59 Å². The van der Waals surface area contributed by atoms with Gasteiger partial charge < -0.3 is 5.32 Å². The van der Waals surface area contributed by atoms with Crippen LogP contribution < -0.4 is 5.32 Å². The molecular weight excluding hydrogens is 224 g/mol. The fraction of sp³-hybridized carbons (Fsp3) is 0.818. The van der Waals surface area contributed by atoms with Crippen LogP contribution in [0.4, 0.5) is 0 Å². The van der Waals surface area contributed by atoms with E-state index in [1.54, 1.807) is 11.8 Å². The van der Waals surface area contributed by atoms with E-state index >= 15 is 0 Å². The number of hydrogen-bond donors (Lipinski definition) is 1. The number of likely N-dealkylation sites (tertiary alicyclic amines) is 1. The maximum Gasteiger partial charge on any atom is 0.246 e. The molecule has 1 N–H and O–H groups in total. The van der Waals surface area contributed by atoms with Crippen LogP contribution in [0.1, 0.15) is 20.3 Å². The Hall–Kier alpha value is -0.550. The van der Waals surface area contributed by atoms with Crippen molar-refractivity contribution in [2.75, 3.05) is 25.1 Å². The van der Waals surface area contributed by atoms with Crippen molar-refractivity contribution >= 4 is 23.6 Å². The number of hydrogen-bond acceptors (Lipinski definition) is 4. The first-order chi connectivity index (χ1) is 7.60. The summed E-state index contributed by atoms with van der Waals surface area (Å²) in [6, 6.07) is -0.295. The maximum absolute atomic E-state index is 11.8. The van der Waals surface area contributed by atoms with E-state index in [0.29, 0.717) is 18.9 Å². The first-order valence-electron chi connectivity index (χ1n) is 5.66. The Morgan fingerprint density at radius 3 is 2.75 bits per heavy atom. The van der Waals surface area contributed by atoms with Crippen molar-refractivity contribution < 1.29 is 9.59 Å². The second-order valence-electron chi connectivity index (χ2n) is 4.20. The summed E-state index contributed by atoms with van der Waals surface area (Å²) in [5.41, 5.74) is 0. The molecule has 2 unspecified atom stereocenters. The van der Waals surface area contributed by atoms with E-state index in [0.717, 1.165) is 12.3 Å². The van der Waals surface area contributed by atoms with Crippen LogP contribution in [0, 0.1) is 5.92 Å². The Morgan fingerprint density at radius 1 is 1.56 bits per heavy atom. The topological polar surface area (TPSA) is 49.4 Å². The Balaban J connectivity index is 2.39. The summed E-state index contributed by atoms with van der Waals surface area (Å²) in [5, 5.41) is 3.19. The van der Waals surface area contributed by atoms with Crippen molar-refractivity contribution in [3.8, 4) is 0 Å². The smallest absolute Gasteiger partial charge is 0.246 e. The van der Waals surface area contributed by atoms with Crippen LogP contribution in [-0.4, -0.2) is 47.9 Å². The van der Waals surface area contributed by atoms with Gasteiger partial charge in [0.1, 0.15) is 0 Å². The van der Waals surface area contributed by atoms with Gasteiger partial charge in [0.2, 0.25) is 11.8 Å². The van der Waals surface area contributed by atoms with Gasteiger partial charge in [-0.2, -0.15) is 11.8 Å². The van der Waals surface area contributed by atoms with Gasteiger partial charge in [0, 0.05) is 6.54 Å². The lowest BCUT2D eigenvalue weighted by Crippen LogP contribution is -2.40. The molecule has 0 aliphatic carbocycles. The zero-order valence-electron chi connectivity index (χ0n) is 10.2. The van der Waals surface area contributed by atoms with Gasteiger partial charge in [-0.1, -0.05) is 6.92 Å². The molecule has 1 aliphatic rings. The molecule has 0 aromatic rings. The monoisotopic (exact) mass is 244 g/mol. The second kappa shape index (κ2) is 6.25. The fourth-order valence-electron chi connectivity index (χ4n) is 1.86. The molecule has 1 heterocycles. The standard InChI is InChI=1S/C11H20N2O2S/c1-4-13-10(14)5-9(11(13)15)12-6-8(2)7-16-3/h8-9,12H,4-7H2,1-3H3. The molecule has 1 aliphatic heterocycles. The van der Waals surface area contributed by atoms with Crippen molar-refractivity contribution in [1.82, 2.24) is 10.2 Å². The quantitative estimate of drug-likeness (QED) is 0.700. The van der Waals surface area contributed by atoms with Crippen LogP contribution in [0.5, 0.6) is 0 Å². The SMILES string of the molecule is CCN1C(=O)CC(NCC(C)CSC)C1=O. The Bertz CT molecular complexity index is 271. The zero-order valence-corrected chi connectivity index (χ0v) is 11.0. The van der Waals surface area contributed by atoms with E-state index in [1.807, 2.05) is 6.92 Å². The van der Waals surface area contributed by atoms with Crippen LogP contribution >= 0.6 is 11.8 Å². The Kier molecular flexibility index (Phi) is 5.28. The molecule has 0 saturated carbocycles. The number of imide groups is 1. The molecule has 5 heteroatoms. The van der Waals surface area contributed by atoms with E-state index in [1.165, 1.54) is 4.90 Å². The number of rotatable bonds is 6. The van der Waals surface area contributed by atoms with Crippen molar-refractivity contribution in [3.63, 3.8) is 0 Å². The summed E-state index contributed by atoms with van der Waals surface area (Å²) in [6.45, 7) is 5.25. The molecule has 0 spiro atoms. The summed E-state index contributed by atoms with van der Waals surface area (Å²) >= 11 is 1.80. The Labute approximate surface area is 101 Å². The molecule has 16 heavy (non-hydrogen) atoms. The summed E-state index contributed by atoms with van der Waals surface area (Å²) in [5.74, 6) is 1.47. The minimum absolute atomic E-state index is 0.0532. The van der Waals surface area contributed by atoms with Gasteiger partial charge in [0.25, 0.3) is 0 Å². The second-order valence-corrected chi connectivity index (χ2v) is 5.11. The number of thioether (sulfide) groups is 1. The molecule has 0 radical (unpaired) electrons. The number of carbonyl (C=O) groups excluding carboxylic acids is 2. The number of likely N-dealkylation sites (N-methyl/N-ethyl adjacent to an activating group) is 1. The molecule has 2 amide bonds. The van der Waals surface area contributed by atoms with Gasteiger partial charge >= 0.3 is 0 Å². The third-order valence-corrected chi connectivity index (χ3v) is 3.63. The molecule has 1 fully saturated rings. The predicted molar refractivity (Wildman–Crippen MR) is 66.3 cm³/mol. The highest BCUT2D eigenvalue weighted by Crippen LogP contribution is 2.13. The number of nitrogens with one attached hydrogen (secondary N) is 1. The molecule has 1 rings (SSSR count). The van der Waals surface area contributed by atoms with Gasteiger partial charge in [-0.15, -0.1) is 0 Å². The highest BCUT2D eigenvalue weighted by molar-refractivity contribution is 7.98. The first kappa shape index (κ1) is 13.5. The summed E-state index contributed by atoms with van der Waals surface area (Å²) in [6.07, 6.45) is 2.39. The summed E-state index contributed by atoms with van der Waals surface area (Å²) in [7, 11) is 0. The van der Waals surface area contributed by atoms with E-state index in [4.69, 9.17) is 0 Å². The average Bonchev–Trinajstić information content (AvgIpc) is 2.51. The van der Waals surface area contributed by atoms with Crippen LogP contribution in [0.2, 0.25) is 0 Å². The van der Waals surface area contributed by atoms with Crippen LogP contribution in [-0.2, 0) is 9.59 Å². The van der Waals surface area contributed by atoms with Gasteiger partial charge in [-0.05, 0) is 31.4 Å². The summed E-state index contributed by atoms with van der Waals surface area (Å²) < 4.78 is 0. The maximum atomic E-state index is 11.8. The largest absolute Gasteiger partial charge is 0.305 e. The van der Waals surface area contributed by atoms with Crippen molar-refractivity contribution in [2.24, 2.45) is 5.92 Å². The third-order valence-electron chi connectivity index (χ3n) is 2.72. The van der Waals surface area contributed by atoms with Gasteiger partial charge in [-0.3, -0.25) is 14.5 Å². The normalized spacial score (nSPS) is 22.9. The zero-order chi connectivity index (χ0) is 12.1. The first-order valence-corrected chi connectivity index (χ1v) is 7.06. The van der Waals surface area contributed by atoms with Gasteiger partial charge in [-0.25, -0.2) is 0 Å². The average molecular weight is 244 g/mol. The van der Waals surface area contributed by atoms with Gasteiger partial charge in [0.05, 0.1) is 12.5 Å². The summed E-state index contributed by atoms with van der Waals surface area (Å²) in [4.78, 5) is 24.5. The van der Waals surface area contributed by atoms with E-state index < -0.39 is 0 Å². The molecule has 4 nitrogen and oxygen atoms in total. The minimum atomic E-state index is -0.295. The van der Waals surface area contributed by atoms with E-state index in [-0.39, 0.29) is 17.9 Å².